The van der Waals surface area contributed by atoms with Crippen molar-refractivity contribution in [1.29, 1.82) is 0 Å². The van der Waals surface area contributed by atoms with E-state index in [0.717, 1.165) is 6.26 Å². The Balaban J connectivity index is 1.08. The molecular formula is C55H64N6O17. The van der Waals surface area contributed by atoms with Gasteiger partial charge in [0.2, 0.25) is 11.6 Å². The Morgan fingerprint density at radius 3 is 2.22 bits per heavy atom. The van der Waals surface area contributed by atoms with Crippen molar-refractivity contribution >= 4 is 41.0 Å². The van der Waals surface area contributed by atoms with Crippen LogP contribution < -0.4 is 19.5 Å². The minimum Gasteiger partial charge on any atom is -0.507 e. The second-order valence-corrected chi connectivity index (χ2v) is 20.9. The summed E-state index contributed by atoms with van der Waals surface area (Å²) in [6.07, 6.45) is 4.36. The lowest BCUT2D eigenvalue weighted by atomic mass is 9.78. The third-order valence-corrected chi connectivity index (χ3v) is 15.2. The van der Waals surface area contributed by atoms with Crippen LogP contribution in [0, 0.1) is 40.7 Å². The number of piperazine rings is 1. The molecule has 5 bridgehead atoms. The van der Waals surface area contributed by atoms with Gasteiger partial charge in [-0.1, -0.05) is 45.9 Å². The van der Waals surface area contributed by atoms with Crippen molar-refractivity contribution in [3.63, 3.8) is 0 Å². The minimum absolute atomic E-state index is 0.0214. The summed E-state index contributed by atoms with van der Waals surface area (Å²) < 4.78 is 37.1. The molecule has 3 aromatic rings. The number of imidazole rings is 1. The van der Waals surface area contributed by atoms with Crippen LogP contribution in [0.1, 0.15) is 102 Å². The number of nitrogens with zero attached hydrogens (tertiary/aromatic N) is 5. The average molecular weight is 1080 g/mol. The Morgan fingerprint density at radius 2 is 1.59 bits per heavy atom. The summed E-state index contributed by atoms with van der Waals surface area (Å²) >= 11 is 0. The molecule has 23 nitrogen and oxygen atoms in total. The summed E-state index contributed by atoms with van der Waals surface area (Å²) in [7, 11) is 1.40. The molecule has 1 saturated heterocycles. The number of amides is 2. The zero-order valence-electron chi connectivity index (χ0n) is 44.9. The third-order valence-electron chi connectivity index (χ3n) is 15.2. The fourth-order valence-electron chi connectivity index (χ4n) is 10.6. The van der Waals surface area contributed by atoms with Crippen LogP contribution in [0.2, 0.25) is 0 Å². The van der Waals surface area contributed by atoms with Gasteiger partial charge in [0, 0.05) is 92.5 Å². The standard InChI is InChI=1S/C55H64N6O17/c1-27-12-11-13-28(2)51(69)57-41-42(58-19-21-59(22-20-58)52(70)34-14-16-35(17-15-34)74-26-54(8)25-60-24-37(61(71)72)56-53(60)78-54)47(67)38-39(46(41)66)45(65)32(6)49-40(38)50(68)55(9,77-49)75-23-18-36(73-10)29(3)48(76-33(7)62)31(5)44(64)30(4)43(27)63/h11-18,23-24,27,29-31,36,43-44,48,63-65H,19-22,25-26H2,1-10H3,(H,57,69)/b12-11+,23-18+,28-13-/t27-,29+,30+,31+,36-,43-,44+,48+,54?,55-/m0/s1. The number of ether oxygens (including phenoxy) is 6. The molecule has 1 aliphatic carbocycles. The highest BCUT2D eigenvalue weighted by Crippen LogP contribution is 2.49. The molecule has 1 aromatic heterocycles. The first kappa shape index (κ1) is 56.3. The molecule has 78 heavy (non-hydrogen) atoms. The molecule has 4 N–H and O–H groups in total. The molecule has 0 spiro atoms. The van der Waals surface area contributed by atoms with Crippen molar-refractivity contribution in [2.75, 3.05) is 39.9 Å². The van der Waals surface area contributed by atoms with E-state index in [0.29, 0.717) is 11.3 Å². The highest BCUT2D eigenvalue weighted by atomic mass is 16.7. The van der Waals surface area contributed by atoms with Gasteiger partial charge in [0.05, 0.1) is 47.8 Å². The zero-order chi connectivity index (χ0) is 56.9. The lowest BCUT2D eigenvalue weighted by Gasteiger charge is -2.39. The number of hydrogen-bond acceptors (Lipinski definition) is 19. The normalized spacial score (nSPS) is 30.1. The van der Waals surface area contributed by atoms with E-state index in [4.69, 9.17) is 28.4 Å². The molecule has 0 saturated carbocycles. The minimum atomic E-state index is -2.17. The molecule has 416 valence electrons. The lowest BCUT2D eigenvalue weighted by molar-refractivity contribution is -0.389. The van der Waals surface area contributed by atoms with Crippen molar-refractivity contribution in [2.45, 2.75) is 105 Å². The first-order chi connectivity index (χ1) is 36.8. The van der Waals surface area contributed by atoms with Crippen LogP contribution in [0.5, 0.6) is 23.3 Å². The predicted octanol–water partition coefficient (Wildman–Crippen LogP) is 4.75. The van der Waals surface area contributed by atoms with E-state index >= 15 is 4.79 Å². The van der Waals surface area contributed by atoms with E-state index in [2.05, 4.69) is 10.3 Å². The molecule has 10 atom stereocenters. The fourth-order valence-corrected chi connectivity index (χ4v) is 10.6. The smallest absolute Gasteiger partial charge is 0.415 e. The molecule has 9 rings (SSSR count). The van der Waals surface area contributed by atoms with Gasteiger partial charge < -0.3 is 69.0 Å². The van der Waals surface area contributed by atoms with Crippen LogP contribution in [-0.2, 0) is 30.3 Å². The van der Waals surface area contributed by atoms with Crippen LogP contribution in [0.3, 0.4) is 0 Å². The van der Waals surface area contributed by atoms with Crippen LogP contribution in [-0.4, -0.2) is 150 Å². The Kier molecular flexibility index (Phi) is 15.8. The van der Waals surface area contributed by atoms with Gasteiger partial charge in [0.15, 0.2) is 5.60 Å². The summed E-state index contributed by atoms with van der Waals surface area (Å²) in [6, 6.07) is 6.51. The number of Topliss-reactive ketones (excluding diaryl/α,β-unsaturated/α-hetero) is 3. The Labute approximate surface area is 449 Å². The van der Waals surface area contributed by atoms with Crippen molar-refractivity contribution < 1.29 is 77.4 Å². The number of hydrogen-bond donors (Lipinski definition) is 4. The zero-order valence-corrected chi connectivity index (χ0v) is 44.9. The molecule has 2 aromatic carbocycles. The van der Waals surface area contributed by atoms with Crippen LogP contribution in [0.4, 0.5) is 5.82 Å². The molecule has 23 heteroatoms. The number of phenols is 1. The van der Waals surface area contributed by atoms with Crippen LogP contribution in [0.25, 0.3) is 0 Å². The summed E-state index contributed by atoms with van der Waals surface area (Å²) in [5.41, 5.74) is -2.65. The second kappa shape index (κ2) is 21.9. The van der Waals surface area contributed by atoms with Gasteiger partial charge in [-0.3, -0.25) is 33.3 Å². The number of methoxy groups -OCH3 is 1. The number of ketones is 3. The maximum atomic E-state index is 15.3. The number of phenolic OH excluding ortho intramolecular Hbond substituents is 1. The van der Waals surface area contributed by atoms with Gasteiger partial charge in [0.25, 0.3) is 17.6 Å². The van der Waals surface area contributed by atoms with Gasteiger partial charge in [0.1, 0.15) is 47.6 Å². The molecule has 1 fully saturated rings. The topological polar surface area (TPSA) is 298 Å². The molecule has 6 aliphatic rings. The lowest BCUT2D eigenvalue weighted by Crippen LogP contribution is -2.51. The number of carbonyl (C=O) groups is 6. The summed E-state index contributed by atoms with van der Waals surface area (Å²) in [6.45, 7) is 14.3. The maximum absolute atomic E-state index is 15.3. The average Bonchev–Trinajstić information content (AvgIpc) is 4.13. The number of aliphatic hydroxyl groups excluding tert-OH is 2. The number of nitro groups is 1. The van der Waals surface area contributed by atoms with Crippen molar-refractivity contribution in [3.05, 3.63) is 116 Å². The number of rotatable bonds is 8. The first-order valence-electron chi connectivity index (χ1n) is 25.5. The van der Waals surface area contributed by atoms with E-state index in [-0.39, 0.29) is 85.2 Å². The van der Waals surface area contributed by atoms with Gasteiger partial charge in [-0.15, -0.1) is 0 Å². The van der Waals surface area contributed by atoms with Gasteiger partial charge in [-0.25, -0.2) is 0 Å². The Hall–Kier alpha value is -7.89. The highest BCUT2D eigenvalue weighted by molar-refractivity contribution is 6.32. The van der Waals surface area contributed by atoms with Crippen LogP contribution >= 0.6 is 0 Å². The third kappa shape index (κ3) is 10.6. The molecular weight excluding hydrogens is 1020 g/mol. The second-order valence-electron chi connectivity index (χ2n) is 20.9. The highest BCUT2D eigenvalue weighted by Gasteiger charge is 2.53. The van der Waals surface area contributed by atoms with Crippen molar-refractivity contribution in [1.82, 2.24) is 24.7 Å². The van der Waals surface area contributed by atoms with E-state index in [9.17, 15) is 49.4 Å². The van der Waals surface area contributed by atoms with E-state index in [1.807, 2.05) is 0 Å². The van der Waals surface area contributed by atoms with E-state index < -0.39 is 116 Å². The predicted molar refractivity (Wildman–Crippen MR) is 276 cm³/mol. The molecule has 0 radical (unpaired) electrons. The number of aromatic hydroxyl groups is 1. The van der Waals surface area contributed by atoms with Crippen molar-refractivity contribution in [3.8, 4) is 23.3 Å². The Morgan fingerprint density at radius 1 is 0.910 bits per heavy atom. The van der Waals surface area contributed by atoms with E-state index in [1.54, 1.807) is 69.9 Å². The summed E-state index contributed by atoms with van der Waals surface area (Å²) in [4.78, 5) is 103. The number of nitrogens with one attached hydrogen (secondary N) is 1. The first-order valence-corrected chi connectivity index (χ1v) is 25.5. The number of fused-ring (bicyclic) bond motifs is 15. The van der Waals surface area contributed by atoms with Crippen LogP contribution in [0.15, 0.2) is 78.0 Å². The number of esters is 1. The molecule has 2 amide bonds. The van der Waals surface area contributed by atoms with Gasteiger partial charge >= 0.3 is 23.6 Å². The van der Waals surface area contributed by atoms with Crippen molar-refractivity contribution in [2.24, 2.45) is 23.7 Å². The summed E-state index contributed by atoms with van der Waals surface area (Å²) in [5, 5.41) is 48.6. The number of allylic oxidation sites excluding steroid dienone is 4. The van der Waals surface area contributed by atoms with Gasteiger partial charge in [-0.05, 0) is 56.0 Å². The number of carbonyl (C=O) groups excluding carboxylic acids is 6. The van der Waals surface area contributed by atoms with E-state index in [1.165, 1.54) is 68.7 Å². The SMILES string of the molecule is CO[C@H]1/C=C/O[C@@]2(C)Oc3c(C)c(O)c4c(c3C2=O)C(=O)C(N2CCN(C(=O)c3ccc(OCC5(C)Cn6cc([N+](=O)[O-])nc6O5)cc3)CC2)=C(NC(=O)/C(C)=C\C=C\[C@H](C)[C@H](O)[C@@H](C)[C@@H](O)[C@@H](C)[C@H](OC(C)=O)[C@@H]1C)C4=O. The fraction of sp³-hybridized carbons (Fsp3) is 0.473. The maximum Gasteiger partial charge on any atom is 0.415 e. The monoisotopic (exact) mass is 1080 g/mol. The molecule has 5 aliphatic heterocycles. The quantitative estimate of drug-likeness (QED) is 0.134. The van der Waals surface area contributed by atoms with Gasteiger partial charge in [-0.2, -0.15) is 0 Å². The summed E-state index contributed by atoms with van der Waals surface area (Å²) in [5.74, 6) is -10.2. The number of benzene rings is 2. The largest absolute Gasteiger partial charge is 0.507 e. The Bertz CT molecular complexity index is 3060. The number of aromatic nitrogens is 2. The molecule has 6 heterocycles. The molecule has 1 unspecified atom stereocenters. The number of aliphatic hydroxyl groups is 2.